The van der Waals surface area contributed by atoms with Crippen LogP contribution in [0, 0.1) is 13.8 Å². The minimum Gasteiger partial charge on any atom is -0.134 e. The maximum Gasteiger partial charge on any atom is 0.0434 e. The lowest BCUT2D eigenvalue weighted by atomic mass is 9.88. The minimum atomic E-state index is 1.21. The number of hydrogen-bond donors (Lipinski definition) is 0. The fourth-order valence-electron chi connectivity index (χ4n) is 9.36. The lowest BCUT2D eigenvalue weighted by molar-refractivity contribution is 1.49. The summed E-state index contributed by atoms with van der Waals surface area (Å²) in [4.78, 5) is 0. The Morgan fingerprint density at radius 2 is 0.492 bits per heavy atom. The predicted molar refractivity (Wildman–Crippen MR) is 272 cm³/mol. The van der Waals surface area contributed by atoms with Crippen LogP contribution in [0.3, 0.4) is 0 Å². The lowest BCUT2D eigenvalue weighted by Crippen LogP contribution is -1.90. The molecule has 0 aliphatic rings. The third-order valence-electron chi connectivity index (χ3n) is 12.3. The second-order valence-corrected chi connectivity index (χ2v) is 17.7. The smallest absolute Gasteiger partial charge is 0.0434 e. The molecular formula is C62H44S. The van der Waals surface area contributed by atoms with Crippen LogP contribution in [0.15, 0.2) is 231 Å². The monoisotopic (exact) mass is 820 g/mol. The highest BCUT2D eigenvalue weighted by atomic mass is 32.1. The van der Waals surface area contributed by atoms with Crippen LogP contribution in [0.25, 0.3) is 109 Å². The zero-order valence-corrected chi connectivity index (χ0v) is 36.2. The molecule has 0 aliphatic carbocycles. The minimum absolute atomic E-state index is 1.21. The van der Waals surface area contributed by atoms with E-state index in [4.69, 9.17) is 0 Å². The largest absolute Gasteiger partial charge is 0.134 e. The highest BCUT2D eigenvalue weighted by Gasteiger charge is 2.20. The Kier molecular flexibility index (Phi) is 9.96. The van der Waals surface area contributed by atoms with Crippen molar-refractivity contribution in [3.63, 3.8) is 0 Å². The number of fused-ring (bicyclic) bond motifs is 3. The van der Waals surface area contributed by atoms with Gasteiger partial charge in [0, 0.05) is 31.3 Å². The molecule has 11 aromatic rings. The maximum absolute atomic E-state index is 2.40. The molecule has 0 N–H and O–H groups in total. The molecule has 0 saturated carbocycles. The molecule has 10 aromatic carbocycles. The van der Waals surface area contributed by atoms with Gasteiger partial charge in [0.15, 0.2) is 0 Å². The fraction of sp³-hybridized carbons (Fsp3) is 0.0323. The van der Waals surface area contributed by atoms with Gasteiger partial charge in [-0.05, 0) is 164 Å². The van der Waals surface area contributed by atoms with Gasteiger partial charge in [-0.25, -0.2) is 0 Å². The predicted octanol–water partition coefficient (Wildman–Crippen LogP) is 18.0. The molecule has 0 unspecified atom stereocenters. The van der Waals surface area contributed by atoms with E-state index in [-0.39, 0.29) is 0 Å². The zero-order valence-electron chi connectivity index (χ0n) is 35.3. The molecular weight excluding hydrogens is 777 g/mol. The molecule has 0 amide bonds. The highest BCUT2D eigenvalue weighted by molar-refractivity contribution is 7.27. The van der Waals surface area contributed by atoms with Gasteiger partial charge in [-0.1, -0.05) is 170 Å². The van der Waals surface area contributed by atoms with Gasteiger partial charge >= 0.3 is 0 Å². The Hall–Kier alpha value is -7.58. The van der Waals surface area contributed by atoms with Crippen molar-refractivity contribution in [2.45, 2.75) is 13.8 Å². The summed E-state index contributed by atoms with van der Waals surface area (Å²) < 4.78 is 2.62. The maximum atomic E-state index is 2.40. The first-order chi connectivity index (χ1) is 31.0. The van der Waals surface area contributed by atoms with E-state index >= 15 is 0 Å². The van der Waals surface area contributed by atoms with Crippen molar-refractivity contribution in [2.75, 3.05) is 0 Å². The molecule has 1 heterocycles. The lowest BCUT2D eigenvalue weighted by Gasteiger charge is -2.15. The number of hydrogen-bond acceptors (Lipinski definition) is 1. The molecule has 0 spiro atoms. The van der Waals surface area contributed by atoms with Crippen LogP contribution >= 0.6 is 11.3 Å². The van der Waals surface area contributed by atoms with Crippen LogP contribution < -0.4 is 0 Å². The Labute approximate surface area is 374 Å². The third kappa shape index (κ3) is 7.37. The number of rotatable bonds is 8. The summed E-state index contributed by atoms with van der Waals surface area (Å²) >= 11 is 1.93. The molecule has 0 fully saturated rings. The summed E-state index contributed by atoms with van der Waals surface area (Å²) in [6, 6.07) is 84.7. The van der Waals surface area contributed by atoms with Crippen LogP contribution in [0.5, 0.6) is 0 Å². The summed E-state index contributed by atoms with van der Waals surface area (Å²) in [5.41, 5.74) is 22.1. The van der Waals surface area contributed by atoms with Crippen molar-refractivity contribution in [2.24, 2.45) is 0 Å². The molecule has 1 heteroatoms. The van der Waals surface area contributed by atoms with Gasteiger partial charge in [-0.3, -0.25) is 0 Å². The first-order valence-corrected chi connectivity index (χ1v) is 22.5. The molecule has 63 heavy (non-hydrogen) atoms. The fourth-order valence-corrected chi connectivity index (χ4v) is 10.7. The Balaban J connectivity index is 1.11. The summed E-state index contributed by atoms with van der Waals surface area (Å²) in [6.07, 6.45) is 0. The van der Waals surface area contributed by atoms with E-state index in [2.05, 4.69) is 244 Å². The number of aryl methyl sites for hydroxylation is 2. The van der Waals surface area contributed by atoms with Gasteiger partial charge in [0.05, 0.1) is 0 Å². The molecule has 0 atom stereocenters. The Morgan fingerprint density at radius 1 is 0.222 bits per heavy atom. The third-order valence-corrected chi connectivity index (χ3v) is 13.6. The SMILES string of the molecule is Cc1cc(-c2ccccc2-c2cc(-c3ccccc3)cc(-c3ccccc3)c2)c2sc3c(-c4ccccc4-c4cc(-c5ccccc5)cc(-c5ccccc5)c4)cc(C)cc3c2c1. The van der Waals surface area contributed by atoms with Gasteiger partial charge in [-0.15, -0.1) is 11.3 Å². The van der Waals surface area contributed by atoms with Gasteiger partial charge in [0.25, 0.3) is 0 Å². The van der Waals surface area contributed by atoms with Crippen molar-refractivity contribution in [3.05, 3.63) is 242 Å². The van der Waals surface area contributed by atoms with E-state index in [1.54, 1.807) is 0 Å². The van der Waals surface area contributed by atoms with E-state index in [1.165, 1.54) is 120 Å². The van der Waals surface area contributed by atoms with E-state index < -0.39 is 0 Å². The standard InChI is InChI=1S/C62H44S/c1-41-31-57(55-29-17-15-27-53(55)51-37-47(43-19-7-3-8-20-43)35-48(38-51)44-21-9-4-10-22-44)61-59(33-41)60-34-42(2)32-58(62(60)63-61)56-30-18-16-28-54(56)52-39-49(45-23-11-5-12-24-45)36-50(40-52)46-25-13-6-14-26-46/h3-40H,1-2H3. The molecule has 0 bridgehead atoms. The van der Waals surface area contributed by atoms with E-state index in [9.17, 15) is 0 Å². The highest BCUT2D eigenvalue weighted by Crippen LogP contribution is 2.49. The molecule has 0 saturated heterocycles. The normalized spacial score (nSPS) is 11.3. The molecule has 11 rings (SSSR count). The number of thiophene rings is 1. The van der Waals surface area contributed by atoms with Crippen LogP contribution in [0.4, 0.5) is 0 Å². The average molecular weight is 821 g/mol. The van der Waals surface area contributed by atoms with Crippen molar-refractivity contribution < 1.29 is 0 Å². The van der Waals surface area contributed by atoms with Crippen LogP contribution in [-0.2, 0) is 0 Å². The van der Waals surface area contributed by atoms with Crippen LogP contribution in [0.1, 0.15) is 11.1 Å². The Morgan fingerprint density at radius 3 is 0.810 bits per heavy atom. The van der Waals surface area contributed by atoms with E-state index in [1.807, 2.05) is 11.3 Å². The van der Waals surface area contributed by atoms with Crippen LogP contribution in [0.2, 0.25) is 0 Å². The first-order valence-electron chi connectivity index (χ1n) is 21.7. The van der Waals surface area contributed by atoms with Crippen molar-refractivity contribution in [1.29, 1.82) is 0 Å². The van der Waals surface area contributed by atoms with Gasteiger partial charge < -0.3 is 0 Å². The molecule has 0 aliphatic heterocycles. The Bertz CT molecular complexity index is 3090. The van der Waals surface area contributed by atoms with Gasteiger partial charge in [0.1, 0.15) is 0 Å². The topological polar surface area (TPSA) is 0 Å². The molecule has 0 radical (unpaired) electrons. The summed E-state index contributed by atoms with van der Waals surface area (Å²) in [5, 5.41) is 2.62. The molecule has 1 aromatic heterocycles. The average Bonchev–Trinajstić information content (AvgIpc) is 3.72. The van der Waals surface area contributed by atoms with Crippen molar-refractivity contribution in [3.8, 4) is 89.0 Å². The quantitative estimate of drug-likeness (QED) is 0.143. The summed E-state index contributed by atoms with van der Waals surface area (Å²) in [6.45, 7) is 4.49. The second-order valence-electron chi connectivity index (χ2n) is 16.6. The second kappa shape index (κ2) is 16.4. The van der Waals surface area contributed by atoms with Crippen molar-refractivity contribution in [1.82, 2.24) is 0 Å². The number of benzene rings is 10. The zero-order chi connectivity index (χ0) is 42.3. The first kappa shape index (κ1) is 38.3. The van der Waals surface area contributed by atoms with Crippen molar-refractivity contribution >= 4 is 31.5 Å². The molecule has 298 valence electrons. The molecule has 0 nitrogen and oxygen atoms in total. The van der Waals surface area contributed by atoms with E-state index in [0.717, 1.165) is 0 Å². The van der Waals surface area contributed by atoms with Gasteiger partial charge in [-0.2, -0.15) is 0 Å². The van der Waals surface area contributed by atoms with Gasteiger partial charge in [0.2, 0.25) is 0 Å². The van der Waals surface area contributed by atoms with E-state index in [0.29, 0.717) is 0 Å². The summed E-state index contributed by atoms with van der Waals surface area (Å²) in [7, 11) is 0. The summed E-state index contributed by atoms with van der Waals surface area (Å²) in [5.74, 6) is 0. The van der Waals surface area contributed by atoms with Crippen LogP contribution in [-0.4, -0.2) is 0 Å².